The summed E-state index contributed by atoms with van der Waals surface area (Å²) < 4.78 is 0. The summed E-state index contributed by atoms with van der Waals surface area (Å²) in [6, 6.07) is 23.1. The monoisotopic (exact) mass is 312 g/mol. The van der Waals surface area contributed by atoms with Crippen LogP contribution in [0.15, 0.2) is 60.7 Å². The number of hydrogen-bond acceptors (Lipinski definition) is 1. The van der Waals surface area contributed by atoms with E-state index < -0.39 is 7.26 Å². The van der Waals surface area contributed by atoms with Crippen molar-refractivity contribution in [2.45, 2.75) is 32.4 Å². The first kappa shape index (κ1) is 15.7. The van der Waals surface area contributed by atoms with Gasteiger partial charge in [0.05, 0.1) is 30.2 Å². The van der Waals surface area contributed by atoms with Crippen molar-refractivity contribution >= 4 is 17.9 Å². The highest BCUT2D eigenvalue weighted by atomic mass is 31.2. The van der Waals surface area contributed by atoms with Gasteiger partial charge in [-0.2, -0.15) is 0 Å². The number of hydrogen-bond donors (Lipinski definition) is 0. The van der Waals surface area contributed by atoms with Crippen LogP contribution in [0.4, 0.5) is 0 Å². The van der Waals surface area contributed by atoms with E-state index in [1.807, 2.05) is 0 Å². The molecular weight excluding hydrogens is 285 g/mol. The highest BCUT2D eigenvalue weighted by molar-refractivity contribution is 7.89. The van der Waals surface area contributed by atoms with Gasteiger partial charge in [-0.25, -0.2) is 0 Å². The molecule has 0 aliphatic carbocycles. The lowest BCUT2D eigenvalue weighted by atomic mass is 10.0. The van der Waals surface area contributed by atoms with Gasteiger partial charge in [0, 0.05) is 11.6 Å². The van der Waals surface area contributed by atoms with E-state index in [0.717, 1.165) is 0 Å². The molecule has 1 aliphatic heterocycles. The van der Waals surface area contributed by atoms with Gasteiger partial charge in [0.1, 0.15) is 0 Å². The lowest BCUT2D eigenvalue weighted by Gasteiger charge is -2.49. The molecule has 0 bridgehead atoms. The minimum Gasteiger partial charge on any atom is -0.291 e. The molecule has 1 saturated heterocycles. The molecule has 116 valence electrons. The van der Waals surface area contributed by atoms with Crippen LogP contribution in [0.3, 0.4) is 0 Å². The Kier molecular flexibility index (Phi) is 4.14. The Labute approximate surface area is 135 Å². The van der Waals surface area contributed by atoms with Crippen LogP contribution in [0, 0.1) is 0 Å². The van der Waals surface area contributed by atoms with Crippen LogP contribution in [-0.4, -0.2) is 35.9 Å². The van der Waals surface area contributed by atoms with Gasteiger partial charge < -0.3 is 0 Å². The second kappa shape index (κ2) is 5.80. The molecule has 2 aromatic rings. The molecule has 1 fully saturated rings. The van der Waals surface area contributed by atoms with Crippen molar-refractivity contribution in [1.29, 1.82) is 0 Å². The Morgan fingerprint density at radius 3 is 1.77 bits per heavy atom. The third-order valence-corrected chi connectivity index (χ3v) is 10.4. The average Bonchev–Trinajstić information content (AvgIpc) is 2.54. The molecule has 2 heteroatoms. The van der Waals surface area contributed by atoms with Crippen molar-refractivity contribution in [2.24, 2.45) is 0 Å². The Balaban J connectivity index is 2.17. The van der Waals surface area contributed by atoms with Crippen molar-refractivity contribution < 1.29 is 0 Å². The third-order valence-electron chi connectivity index (χ3n) is 5.35. The van der Waals surface area contributed by atoms with Crippen LogP contribution in [0.1, 0.15) is 20.8 Å². The van der Waals surface area contributed by atoms with Gasteiger partial charge in [0.25, 0.3) is 0 Å². The van der Waals surface area contributed by atoms with E-state index in [9.17, 15) is 0 Å². The van der Waals surface area contributed by atoms with Crippen molar-refractivity contribution in [3.8, 4) is 0 Å². The summed E-state index contributed by atoms with van der Waals surface area (Å²) in [4.78, 5) is 2.57. The predicted molar refractivity (Wildman–Crippen MR) is 100 cm³/mol. The molecule has 0 radical (unpaired) electrons. The van der Waals surface area contributed by atoms with Gasteiger partial charge in [0.2, 0.25) is 0 Å². The molecule has 0 aromatic heterocycles. The molecule has 0 amide bonds. The van der Waals surface area contributed by atoms with E-state index in [-0.39, 0.29) is 5.54 Å². The molecule has 1 nitrogen and oxygen atoms in total. The van der Waals surface area contributed by atoms with Gasteiger partial charge >= 0.3 is 0 Å². The summed E-state index contributed by atoms with van der Waals surface area (Å²) in [7, 11) is 0.935. The molecule has 1 heterocycles. The van der Waals surface area contributed by atoms with E-state index in [0.29, 0.717) is 6.04 Å². The lowest BCUT2D eigenvalue weighted by Crippen LogP contribution is -2.57. The Hall–Kier alpha value is -1.17. The van der Waals surface area contributed by atoms with Crippen LogP contribution in [0.25, 0.3) is 0 Å². The van der Waals surface area contributed by atoms with Gasteiger partial charge in [0.15, 0.2) is 0 Å². The van der Waals surface area contributed by atoms with Gasteiger partial charge in [-0.05, 0) is 52.1 Å². The normalized spacial score (nSPS) is 24.1. The molecule has 22 heavy (non-hydrogen) atoms. The highest BCUT2D eigenvalue weighted by Crippen LogP contribution is 2.62. The summed E-state index contributed by atoms with van der Waals surface area (Å²) >= 11 is 0. The van der Waals surface area contributed by atoms with Crippen molar-refractivity contribution in [1.82, 2.24) is 4.90 Å². The second-order valence-electron chi connectivity index (χ2n) is 7.25. The quantitative estimate of drug-likeness (QED) is 0.763. The molecule has 3 rings (SSSR count). The Morgan fingerprint density at radius 2 is 1.36 bits per heavy atom. The summed E-state index contributed by atoms with van der Waals surface area (Å²) in [5.41, 5.74) is 0.233. The third kappa shape index (κ3) is 2.62. The second-order valence-corrected chi connectivity index (χ2v) is 10.9. The van der Waals surface area contributed by atoms with Crippen LogP contribution < -0.4 is 10.6 Å². The molecule has 2 aromatic carbocycles. The number of rotatable bonds is 2. The topological polar surface area (TPSA) is 3.24 Å². The molecule has 0 N–H and O–H groups in total. The number of benzene rings is 2. The SMILES string of the molecule is C[C@H]1C[P+](c2ccccc2)(c2ccccc2)CC(C)(C)N1C. The van der Waals surface area contributed by atoms with Crippen LogP contribution in [0.5, 0.6) is 0 Å². The first-order valence-electron chi connectivity index (χ1n) is 8.17. The summed E-state index contributed by atoms with van der Waals surface area (Å²) in [6.45, 7) is 7.20. The molecule has 1 atom stereocenters. The van der Waals surface area contributed by atoms with Crippen LogP contribution >= 0.6 is 7.26 Å². The largest absolute Gasteiger partial charge is 0.291 e. The van der Waals surface area contributed by atoms with E-state index in [1.165, 1.54) is 12.3 Å². The fourth-order valence-electron chi connectivity index (χ4n) is 3.98. The number of nitrogens with zero attached hydrogens (tertiary/aromatic N) is 1. The minimum atomic E-state index is -1.35. The highest BCUT2D eigenvalue weighted by Gasteiger charge is 2.54. The minimum absolute atomic E-state index is 0.233. The molecule has 0 saturated carbocycles. The smallest absolute Gasteiger partial charge is 0.0993 e. The molecular formula is C20H27NP+. The first-order valence-corrected chi connectivity index (χ1v) is 10.3. The van der Waals surface area contributed by atoms with Crippen LogP contribution in [-0.2, 0) is 0 Å². The fourth-order valence-corrected chi connectivity index (χ4v) is 9.37. The fraction of sp³-hybridized carbons (Fsp3) is 0.400. The van der Waals surface area contributed by atoms with Crippen LogP contribution in [0.2, 0.25) is 0 Å². The van der Waals surface area contributed by atoms with Gasteiger partial charge in [-0.1, -0.05) is 36.4 Å². The van der Waals surface area contributed by atoms with E-state index in [2.05, 4.69) is 93.4 Å². The molecule has 0 spiro atoms. The van der Waals surface area contributed by atoms with Crippen molar-refractivity contribution in [2.75, 3.05) is 19.4 Å². The Bertz CT molecular complexity index is 581. The van der Waals surface area contributed by atoms with E-state index >= 15 is 0 Å². The zero-order valence-corrected chi connectivity index (χ0v) is 15.1. The average molecular weight is 312 g/mol. The predicted octanol–water partition coefficient (Wildman–Crippen LogP) is 3.77. The van der Waals surface area contributed by atoms with E-state index in [1.54, 1.807) is 10.6 Å². The summed E-state index contributed by atoms with van der Waals surface area (Å²) in [6.07, 6.45) is 2.54. The van der Waals surface area contributed by atoms with Gasteiger partial charge in [-0.3, -0.25) is 4.90 Å². The molecule has 1 aliphatic rings. The zero-order valence-electron chi connectivity index (χ0n) is 14.2. The zero-order chi connectivity index (χ0) is 15.8. The standard InChI is InChI=1S/C20H27NP/c1-17-15-22(16-20(2,3)21(17)4,18-11-7-5-8-12-18)19-13-9-6-10-14-19/h5-14,17H,15-16H2,1-4H3/q+1/t17-/m0/s1. The van der Waals surface area contributed by atoms with Gasteiger partial charge in [-0.15, -0.1) is 0 Å². The van der Waals surface area contributed by atoms with Crippen molar-refractivity contribution in [3.63, 3.8) is 0 Å². The lowest BCUT2D eigenvalue weighted by molar-refractivity contribution is 0.131. The van der Waals surface area contributed by atoms with Crippen molar-refractivity contribution in [3.05, 3.63) is 60.7 Å². The first-order chi connectivity index (χ1) is 10.5. The molecule has 0 unspecified atom stereocenters. The summed E-state index contributed by atoms with van der Waals surface area (Å²) in [5, 5.41) is 3.13. The van der Waals surface area contributed by atoms with E-state index in [4.69, 9.17) is 0 Å². The Morgan fingerprint density at radius 1 is 0.909 bits per heavy atom. The maximum Gasteiger partial charge on any atom is 0.0993 e. The summed E-state index contributed by atoms with van der Waals surface area (Å²) in [5.74, 6) is 0. The maximum atomic E-state index is 2.57. The maximum absolute atomic E-state index is 2.57.